The second-order valence-electron chi connectivity index (χ2n) is 3.94. The third kappa shape index (κ3) is 2.40. The highest BCUT2D eigenvalue weighted by molar-refractivity contribution is 7.90. The SMILES string of the molecule is Cc1nnc(CS(=O)(=O)c2cccc(F)c2)n1C. The van der Waals surface area contributed by atoms with Crippen molar-refractivity contribution in [2.75, 3.05) is 0 Å². The first-order valence-corrected chi connectivity index (χ1v) is 6.88. The molecule has 0 aliphatic carbocycles. The molecule has 5 nitrogen and oxygen atoms in total. The Kier molecular flexibility index (Phi) is 3.16. The topological polar surface area (TPSA) is 64.8 Å². The third-order valence-electron chi connectivity index (χ3n) is 2.66. The maximum Gasteiger partial charge on any atom is 0.185 e. The Hall–Kier alpha value is -1.76. The number of aromatic nitrogens is 3. The van der Waals surface area contributed by atoms with Gasteiger partial charge < -0.3 is 4.57 Å². The lowest BCUT2D eigenvalue weighted by molar-refractivity contribution is 0.587. The normalized spacial score (nSPS) is 11.7. The Bertz CT molecular complexity index is 679. The molecule has 7 heteroatoms. The van der Waals surface area contributed by atoms with Crippen molar-refractivity contribution in [3.63, 3.8) is 0 Å². The number of hydrogen-bond donors (Lipinski definition) is 0. The van der Waals surface area contributed by atoms with E-state index >= 15 is 0 Å². The first kappa shape index (κ1) is 12.7. The summed E-state index contributed by atoms with van der Waals surface area (Å²) in [6.07, 6.45) is 0. The molecule has 0 aliphatic heterocycles. The number of nitrogens with zero attached hydrogens (tertiary/aromatic N) is 3. The highest BCUT2D eigenvalue weighted by Gasteiger charge is 2.19. The van der Waals surface area contributed by atoms with Crippen LogP contribution in [-0.2, 0) is 22.6 Å². The van der Waals surface area contributed by atoms with Gasteiger partial charge in [-0.1, -0.05) is 6.07 Å². The summed E-state index contributed by atoms with van der Waals surface area (Å²) >= 11 is 0. The van der Waals surface area contributed by atoms with E-state index in [1.165, 1.54) is 18.2 Å². The summed E-state index contributed by atoms with van der Waals surface area (Å²) in [4.78, 5) is -0.0526. The highest BCUT2D eigenvalue weighted by Crippen LogP contribution is 2.16. The van der Waals surface area contributed by atoms with E-state index < -0.39 is 15.7 Å². The minimum atomic E-state index is -3.61. The van der Waals surface area contributed by atoms with Gasteiger partial charge in [-0.2, -0.15) is 0 Å². The summed E-state index contributed by atoms with van der Waals surface area (Å²) in [5.41, 5.74) is 0. The minimum Gasteiger partial charge on any atom is -0.317 e. The minimum absolute atomic E-state index is 0.0526. The van der Waals surface area contributed by atoms with Gasteiger partial charge >= 0.3 is 0 Å². The van der Waals surface area contributed by atoms with Crippen LogP contribution in [0.2, 0.25) is 0 Å². The molecule has 1 aromatic heterocycles. The van der Waals surface area contributed by atoms with Crippen LogP contribution in [0.1, 0.15) is 11.6 Å². The maximum atomic E-state index is 13.0. The summed E-state index contributed by atoms with van der Waals surface area (Å²) in [5.74, 6) is 0.0785. The second kappa shape index (κ2) is 4.49. The predicted octanol–water partition coefficient (Wildman–Crippen LogP) is 1.24. The van der Waals surface area contributed by atoms with Crippen LogP contribution in [0.4, 0.5) is 4.39 Å². The lowest BCUT2D eigenvalue weighted by Crippen LogP contribution is -2.10. The van der Waals surface area contributed by atoms with Crippen LogP contribution in [-0.4, -0.2) is 23.2 Å². The van der Waals surface area contributed by atoms with Crippen LogP contribution in [0, 0.1) is 12.7 Å². The van der Waals surface area contributed by atoms with Crippen LogP contribution in [0.25, 0.3) is 0 Å². The van der Waals surface area contributed by atoms with Crippen LogP contribution >= 0.6 is 0 Å². The van der Waals surface area contributed by atoms with E-state index in [2.05, 4.69) is 10.2 Å². The molecule has 0 aliphatic rings. The first-order chi connectivity index (χ1) is 8.40. The maximum absolute atomic E-state index is 13.0. The van der Waals surface area contributed by atoms with Crippen LogP contribution in [0.3, 0.4) is 0 Å². The number of hydrogen-bond acceptors (Lipinski definition) is 4. The molecule has 2 rings (SSSR count). The molecule has 0 atom stereocenters. The second-order valence-corrected chi connectivity index (χ2v) is 5.93. The van der Waals surface area contributed by atoms with Crippen LogP contribution in [0.5, 0.6) is 0 Å². The first-order valence-electron chi connectivity index (χ1n) is 5.23. The van der Waals surface area contributed by atoms with Gasteiger partial charge in [-0.05, 0) is 25.1 Å². The largest absolute Gasteiger partial charge is 0.317 e. The molecule has 0 saturated carbocycles. The van der Waals surface area contributed by atoms with Crippen molar-refractivity contribution in [1.82, 2.24) is 14.8 Å². The zero-order chi connectivity index (χ0) is 13.3. The summed E-state index contributed by atoms with van der Waals surface area (Å²) in [5, 5.41) is 7.57. The van der Waals surface area contributed by atoms with Crippen LogP contribution < -0.4 is 0 Å². The molecule has 18 heavy (non-hydrogen) atoms. The molecule has 0 bridgehead atoms. The van der Waals surface area contributed by atoms with E-state index in [0.717, 1.165) is 6.07 Å². The number of rotatable bonds is 3. The van der Waals surface area contributed by atoms with Crippen molar-refractivity contribution >= 4 is 9.84 Å². The zero-order valence-electron chi connectivity index (χ0n) is 9.96. The lowest BCUT2D eigenvalue weighted by Gasteiger charge is -2.04. The average molecular weight is 269 g/mol. The van der Waals surface area contributed by atoms with Gasteiger partial charge in [0.05, 0.1) is 4.90 Å². The molecular formula is C11H12FN3O2S. The Morgan fingerprint density at radius 1 is 1.33 bits per heavy atom. The fraction of sp³-hybridized carbons (Fsp3) is 0.273. The Morgan fingerprint density at radius 2 is 2.06 bits per heavy atom. The highest BCUT2D eigenvalue weighted by atomic mass is 32.2. The van der Waals surface area contributed by atoms with Crippen molar-refractivity contribution in [1.29, 1.82) is 0 Å². The molecule has 2 aromatic rings. The number of halogens is 1. The number of sulfone groups is 1. The van der Waals surface area contributed by atoms with Crippen molar-refractivity contribution in [3.05, 3.63) is 41.7 Å². The number of aryl methyl sites for hydroxylation is 1. The predicted molar refractivity (Wildman–Crippen MR) is 63.0 cm³/mol. The van der Waals surface area contributed by atoms with E-state index in [4.69, 9.17) is 0 Å². The quantitative estimate of drug-likeness (QED) is 0.840. The molecule has 0 amide bonds. The molecule has 0 spiro atoms. The van der Waals surface area contributed by atoms with Crippen molar-refractivity contribution < 1.29 is 12.8 Å². The summed E-state index contributed by atoms with van der Waals surface area (Å²) in [6, 6.07) is 4.93. The molecule has 0 N–H and O–H groups in total. The number of benzene rings is 1. The Labute approximate surface area is 104 Å². The molecule has 0 saturated heterocycles. The summed E-state index contributed by atoms with van der Waals surface area (Å²) in [6.45, 7) is 1.73. The van der Waals surface area contributed by atoms with Crippen molar-refractivity contribution in [2.45, 2.75) is 17.6 Å². The van der Waals surface area contributed by atoms with E-state index in [0.29, 0.717) is 11.6 Å². The van der Waals surface area contributed by atoms with Crippen LogP contribution in [0.15, 0.2) is 29.2 Å². The Morgan fingerprint density at radius 3 is 2.61 bits per heavy atom. The third-order valence-corrected chi connectivity index (χ3v) is 4.27. The van der Waals surface area contributed by atoms with E-state index in [9.17, 15) is 12.8 Å². The summed E-state index contributed by atoms with van der Waals surface area (Å²) in [7, 11) is -1.92. The van der Waals surface area contributed by atoms with Gasteiger partial charge in [0.1, 0.15) is 23.2 Å². The fourth-order valence-corrected chi connectivity index (χ4v) is 2.83. The van der Waals surface area contributed by atoms with Crippen molar-refractivity contribution in [3.8, 4) is 0 Å². The molecule has 96 valence electrons. The molecule has 0 radical (unpaired) electrons. The van der Waals surface area contributed by atoms with Gasteiger partial charge in [-0.3, -0.25) is 0 Å². The van der Waals surface area contributed by atoms with E-state index in [-0.39, 0.29) is 10.6 Å². The van der Waals surface area contributed by atoms with Gasteiger partial charge in [0.25, 0.3) is 0 Å². The fourth-order valence-electron chi connectivity index (χ4n) is 1.49. The summed E-state index contributed by atoms with van der Waals surface area (Å²) < 4.78 is 38.8. The molecule has 0 fully saturated rings. The molecule has 1 heterocycles. The average Bonchev–Trinajstić information content (AvgIpc) is 2.61. The monoisotopic (exact) mass is 269 g/mol. The molecule has 0 unspecified atom stereocenters. The van der Waals surface area contributed by atoms with Gasteiger partial charge in [0.2, 0.25) is 0 Å². The standard InChI is InChI=1S/C11H12FN3O2S/c1-8-13-14-11(15(8)2)7-18(16,17)10-5-3-4-9(12)6-10/h3-6H,7H2,1-2H3. The zero-order valence-corrected chi connectivity index (χ0v) is 10.8. The lowest BCUT2D eigenvalue weighted by atomic mass is 10.4. The Balaban J connectivity index is 2.36. The smallest absolute Gasteiger partial charge is 0.185 e. The molecule has 1 aromatic carbocycles. The van der Waals surface area contributed by atoms with Gasteiger partial charge in [0.15, 0.2) is 9.84 Å². The molecular weight excluding hydrogens is 257 g/mol. The van der Waals surface area contributed by atoms with Gasteiger partial charge in [-0.15, -0.1) is 10.2 Å². The van der Waals surface area contributed by atoms with Gasteiger partial charge in [0, 0.05) is 7.05 Å². The van der Waals surface area contributed by atoms with Gasteiger partial charge in [-0.25, -0.2) is 12.8 Å². The van der Waals surface area contributed by atoms with Crippen molar-refractivity contribution in [2.24, 2.45) is 7.05 Å². The van der Waals surface area contributed by atoms with E-state index in [1.807, 2.05) is 0 Å². The van der Waals surface area contributed by atoms with E-state index in [1.54, 1.807) is 18.5 Å².